The van der Waals surface area contributed by atoms with E-state index in [9.17, 15) is 0 Å². The first-order valence-electron chi connectivity index (χ1n) is 9.04. The fourth-order valence-corrected chi connectivity index (χ4v) is 4.63. The van der Waals surface area contributed by atoms with Crippen LogP contribution in [0, 0.1) is 12.8 Å². The van der Waals surface area contributed by atoms with Crippen molar-refractivity contribution in [2.24, 2.45) is 10.9 Å². The van der Waals surface area contributed by atoms with Crippen LogP contribution in [-0.4, -0.2) is 62.3 Å². The molecule has 3 rings (SSSR count). The van der Waals surface area contributed by atoms with E-state index < -0.39 is 0 Å². The Balaban J connectivity index is 0.00000225. The number of halogens is 1. The molecule has 25 heavy (non-hydrogen) atoms. The van der Waals surface area contributed by atoms with Gasteiger partial charge < -0.3 is 14.8 Å². The molecule has 1 atom stereocenters. The molecule has 6 nitrogen and oxygen atoms in total. The molecule has 0 radical (unpaired) electrons. The molecule has 0 aliphatic carbocycles. The normalized spacial score (nSPS) is 23.0. The third kappa shape index (κ3) is 5.24. The van der Waals surface area contributed by atoms with Crippen LogP contribution in [0.15, 0.2) is 4.99 Å². The van der Waals surface area contributed by atoms with E-state index in [0.717, 1.165) is 63.2 Å². The average molecular weight is 478 g/mol. The van der Waals surface area contributed by atoms with Gasteiger partial charge in [-0.1, -0.05) is 0 Å². The molecule has 0 spiro atoms. The maximum atomic E-state index is 4.98. The summed E-state index contributed by atoms with van der Waals surface area (Å²) < 4.78 is 2.56. The second kappa shape index (κ2) is 8.92. The number of aromatic nitrogens is 3. The van der Waals surface area contributed by atoms with Crippen molar-refractivity contribution >= 4 is 41.7 Å². The van der Waals surface area contributed by atoms with Crippen molar-refractivity contribution in [2.45, 2.75) is 51.8 Å². The summed E-state index contributed by atoms with van der Waals surface area (Å²) in [7, 11) is 0. The van der Waals surface area contributed by atoms with Gasteiger partial charge in [-0.05, 0) is 40.0 Å². The predicted molar refractivity (Wildman–Crippen MR) is 116 cm³/mol. The van der Waals surface area contributed by atoms with Crippen molar-refractivity contribution < 1.29 is 0 Å². The van der Waals surface area contributed by atoms with Crippen LogP contribution in [0.1, 0.15) is 38.8 Å². The van der Waals surface area contributed by atoms with Crippen molar-refractivity contribution in [3.8, 4) is 0 Å². The van der Waals surface area contributed by atoms with E-state index in [2.05, 4.69) is 57.5 Å². The SMILES string of the molecule is CCNC(=NCC1CCc2nnc(C)n2C1)N1CCSC(C)(C)C1.I. The molecule has 1 aromatic rings. The minimum atomic E-state index is 0. The molecule has 2 aliphatic heterocycles. The van der Waals surface area contributed by atoms with Gasteiger partial charge in [0.05, 0.1) is 0 Å². The zero-order chi connectivity index (χ0) is 17.2. The number of nitrogens with one attached hydrogen (secondary N) is 1. The molecular weight excluding hydrogens is 447 g/mol. The highest BCUT2D eigenvalue weighted by molar-refractivity contribution is 14.0. The Morgan fingerprint density at radius 1 is 1.40 bits per heavy atom. The van der Waals surface area contributed by atoms with Gasteiger partial charge in [0, 0.05) is 49.6 Å². The zero-order valence-electron chi connectivity index (χ0n) is 15.8. The molecule has 3 heterocycles. The van der Waals surface area contributed by atoms with Crippen molar-refractivity contribution in [2.75, 3.05) is 31.9 Å². The van der Waals surface area contributed by atoms with Crippen molar-refractivity contribution in [3.63, 3.8) is 0 Å². The van der Waals surface area contributed by atoms with Gasteiger partial charge in [0.25, 0.3) is 0 Å². The monoisotopic (exact) mass is 478 g/mol. The van der Waals surface area contributed by atoms with Crippen LogP contribution in [0.25, 0.3) is 0 Å². The second-order valence-corrected chi connectivity index (χ2v) is 9.21. The maximum Gasteiger partial charge on any atom is 0.193 e. The number of thioether (sulfide) groups is 1. The number of aryl methyl sites for hydroxylation is 2. The Kier molecular flexibility index (Phi) is 7.42. The molecule has 2 aliphatic rings. The van der Waals surface area contributed by atoms with E-state index in [4.69, 9.17) is 4.99 Å². The van der Waals surface area contributed by atoms with Crippen LogP contribution in [-0.2, 0) is 13.0 Å². The number of nitrogens with zero attached hydrogens (tertiary/aromatic N) is 5. The molecule has 0 bridgehead atoms. The first-order chi connectivity index (χ1) is 11.5. The average Bonchev–Trinajstić information content (AvgIpc) is 2.91. The highest BCUT2D eigenvalue weighted by atomic mass is 127. The van der Waals surface area contributed by atoms with Gasteiger partial charge in [0.1, 0.15) is 11.6 Å². The van der Waals surface area contributed by atoms with Gasteiger partial charge in [-0.2, -0.15) is 11.8 Å². The molecule has 1 saturated heterocycles. The predicted octanol–water partition coefficient (Wildman–Crippen LogP) is 2.56. The standard InChI is InChI=1S/C17H30N6S.HI/c1-5-18-16(22-8-9-24-17(3,4)12-22)19-10-14-6-7-15-21-20-13(2)23(15)11-14;/h14H,5-12H2,1-4H3,(H,18,19);1H. The molecule has 8 heteroatoms. The van der Waals surface area contributed by atoms with Gasteiger partial charge in [0.2, 0.25) is 0 Å². The number of guanidine groups is 1. The smallest absolute Gasteiger partial charge is 0.193 e. The van der Waals surface area contributed by atoms with Crippen LogP contribution in [0.3, 0.4) is 0 Å². The van der Waals surface area contributed by atoms with E-state index in [1.54, 1.807) is 0 Å². The molecule has 1 N–H and O–H groups in total. The lowest BCUT2D eigenvalue weighted by molar-refractivity contribution is 0.356. The first-order valence-corrected chi connectivity index (χ1v) is 10.0. The van der Waals surface area contributed by atoms with Crippen molar-refractivity contribution in [1.82, 2.24) is 25.0 Å². The third-order valence-corrected chi connectivity index (χ3v) is 6.09. The van der Waals surface area contributed by atoms with E-state index in [0.29, 0.717) is 10.7 Å². The molecular formula is C17H31IN6S. The lowest BCUT2D eigenvalue weighted by Crippen LogP contribution is -2.51. The van der Waals surface area contributed by atoms with E-state index >= 15 is 0 Å². The zero-order valence-corrected chi connectivity index (χ0v) is 18.9. The third-order valence-electron chi connectivity index (χ3n) is 4.79. The minimum Gasteiger partial charge on any atom is -0.357 e. The molecule has 1 aromatic heterocycles. The largest absolute Gasteiger partial charge is 0.357 e. The Hall–Kier alpha value is -0.510. The second-order valence-electron chi connectivity index (χ2n) is 7.40. The Bertz CT molecular complexity index is 600. The maximum absolute atomic E-state index is 4.98. The van der Waals surface area contributed by atoms with Gasteiger partial charge in [-0.15, -0.1) is 34.2 Å². The van der Waals surface area contributed by atoms with E-state index in [-0.39, 0.29) is 24.0 Å². The van der Waals surface area contributed by atoms with E-state index in [1.807, 2.05) is 6.92 Å². The van der Waals surface area contributed by atoms with Gasteiger partial charge >= 0.3 is 0 Å². The minimum absolute atomic E-state index is 0. The summed E-state index contributed by atoms with van der Waals surface area (Å²) >= 11 is 2.06. The van der Waals surface area contributed by atoms with Crippen LogP contribution in [0.5, 0.6) is 0 Å². The Morgan fingerprint density at radius 2 is 2.20 bits per heavy atom. The summed E-state index contributed by atoms with van der Waals surface area (Å²) in [6, 6.07) is 0. The first kappa shape index (κ1) is 20.8. The quantitative estimate of drug-likeness (QED) is 0.411. The number of hydrogen-bond acceptors (Lipinski definition) is 4. The summed E-state index contributed by atoms with van der Waals surface area (Å²) in [5.74, 6) is 4.99. The summed E-state index contributed by atoms with van der Waals surface area (Å²) in [5.41, 5.74) is 0. The molecule has 1 fully saturated rings. The Labute approximate surface area is 172 Å². The molecule has 142 valence electrons. The topological polar surface area (TPSA) is 58.3 Å². The number of hydrogen-bond donors (Lipinski definition) is 1. The van der Waals surface area contributed by atoms with Gasteiger partial charge in [-0.25, -0.2) is 0 Å². The van der Waals surface area contributed by atoms with Crippen LogP contribution in [0.2, 0.25) is 0 Å². The van der Waals surface area contributed by atoms with Gasteiger partial charge in [-0.3, -0.25) is 4.99 Å². The van der Waals surface area contributed by atoms with Crippen molar-refractivity contribution in [3.05, 3.63) is 11.6 Å². The number of aliphatic imine (C=N–C) groups is 1. The highest BCUT2D eigenvalue weighted by Crippen LogP contribution is 2.29. The number of rotatable bonds is 3. The highest BCUT2D eigenvalue weighted by Gasteiger charge is 2.29. The fraction of sp³-hybridized carbons (Fsp3) is 0.824. The van der Waals surface area contributed by atoms with Crippen LogP contribution in [0.4, 0.5) is 0 Å². The molecule has 0 amide bonds. The number of fused-ring (bicyclic) bond motifs is 1. The van der Waals surface area contributed by atoms with Crippen LogP contribution >= 0.6 is 35.7 Å². The molecule has 1 unspecified atom stereocenters. The Morgan fingerprint density at radius 3 is 2.92 bits per heavy atom. The lowest BCUT2D eigenvalue weighted by atomic mass is 9.99. The summed E-state index contributed by atoms with van der Waals surface area (Å²) in [6.45, 7) is 13.8. The molecule has 0 saturated carbocycles. The molecule has 0 aromatic carbocycles. The van der Waals surface area contributed by atoms with Gasteiger partial charge in [0.15, 0.2) is 5.96 Å². The van der Waals surface area contributed by atoms with E-state index in [1.165, 1.54) is 5.75 Å². The fourth-order valence-electron chi connectivity index (χ4n) is 3.52. The summed E-state index contributed by atoms with van der Waals surface area (Å²) in [4.78, 5) is 7.41. The summed E-state index contributed by atoms with van der Waals surface area (Å²) in [5, 5.41) is 12.0. The van der Waals surface area contributed by atoms with Crippen molar-refractivity contribution in [1.29, 1.82) is 0 Å². The summed E-state index contributed by atoms with van der Waals surface area (Å²) in [6.07, 6.45) is 2.17. The van der Waals surface area contributed by atoms with Crippen LogP contribution < -0.4 is 5.32 Å². The lowest BCUT2D eigenvalue weighted by Gasteiger charge is -2.39.